The van der Waals surface area contributed by atoms with Gasteiger partial charge >= 0.3 is 0 Å². The van der Waals surface area contributed by atoms with Crippen molar-refractivity contribution < 1.29 is 17.7 Å². The van der Waals surface area contributed by atoms with Gasteiger partial charge in [0.25, 0.3) is 0 Å². The van der Waals surface area contributed by atoms with E-state index in [0.717, 1.165) is 253 Å². The molecule has 8 heterocycles. The topological polar surface area (TPSA) is 156 Å². The number of hydrogen-bond donors (Lipinski definition) is 0. The van der Waals surface area contributed by atoms with Gasteiger partial charge in [0.1, 0.15) is 44.7 Å². The van der Waals surface area contributed by atoms with Gasteiger partial charge in [0.05, 0.1) is 22.4 Å². The minimum Gasteiger partial charge on any atom is -0.456 e. The lowest BCUT2D eigenvalue weighted by Crippen LogP contribution is -2.01. The van der Waals surface area contributed by atoms with E-state index in [9.17, 15) is 0 Å². The number of nitrogens with zero attached hydrogens (tertiary/aromatic N) is 8. The molecule has 0 radical (unpaired) electrons. The van der Waals surface area contributed by atoms with E-state index in [1.807, 2.05) is 91.0 Å². The van der Waals surface area contributed by atoms with Crippen molar-refractivity contribution in [2.45, 2.75) is 0 Å². The molecule has 20 aromatic carbocycles. The zero-order valence-corrected chi connectivity index (χ0v) is 72.8. The van der Waals surface area contributed by atoms with Gasteiger partial charge in [-0.25, -0.2) is 39.9 Å². The smallest absolute Gasteiger partial charge is 0.164 e. The Kier molecular flexibility index (Phi) is 18.0. The van der Waals surface area contributed by atoms with Crippen LogP contribution in [0.1, 0.15) is 0 Å². The highest BCUT2D eigenvalue weighted by atomic mass is 16.3. The van der Waals surface area contributed by atoms with Crippen molar-refractivity contribution in [2.75, 3.05) is 0 Å². The summed E-state index contributed by atoms with van der Waals surface area (Å²) in [6.45, 7) is 0. The summed E-state index contributed by atoms with van der Waals surface area (Å²) in [6, 6.07) is 151. The molecule has 136 heavy (non-hydrogen) atoms. The van der Waals surface area contributed by atoms with E-state index in [1.54, 1.807) is 0 Å². The first-order valence-corrected chi connectivity index (χ1v) is 45.6. The standard InChI is InChI=1S/C64H38N4O2.C60H34N4O2/c1-4-18-39(19-5-1)44-35-45(40-20-6-2-7-21-40)37-46(36-44)64-67-62(41-22-8-3-9-23-41)66-63(68-64)43-25-16-24-42(34-43)60-52-38-56-58(50-28-12-15-33-55(50)69-56)59(57(52)49-27-10-13-31-53(49)65-60)51-30-17-29-48-47-26-11-14-32-54(47)70-61(48)51;1-3-21-39-35(15-1)17-12-27-43(39)59-62-58(63-60(64-59)44-28-13-18-36-16-2-4-22-40(36)44)38-20-11-19-37(33-38)56-48-34-52-54(46-25-7-10-32-51(46)65-52)55(53(48)45-24-5-8-30-49(45)61-56)47-29-14-26-42-41-23-6-9-31-50(41)66-57(42)47/h1-38H;1-34H. The summed E-state index contributed by atoms with van der Waals surface area (Å²) in [5.74, 6) is 3.50. The van der Waals surface area contributed by atoms with Crippen molar-refractivity contribution in [3.05, 3.63) is 437 Å². The van der Waals surface area contributed by atoms with Crippen molar-refractivity contribution in [2.24, 2.45) is 0 Å². The quantitative estimate of drug-likeness (QED) is 0.107. The van der Waals surface area contributed by atoms with E-state index in [2.05, 4.69) is 346 Å². The summed E-state index contributed by atoms with van der Waals surface area (Å²) >= 11 is 0. The number of rotatable bonds is 12. The average molecular weight is 1740 g/mol. The number of benzene rings is 20. The summed E-state index contributed by atoms with van der Waals surface area (Å²) in [5, 5.41) is 19.0. The van der Waals surface area contributed by atoms with Crippen molar-refractivity contribution in [3.8, 4) is 135 Å². The average Bonchev–Trinajstić information content (AvgIpc) is 1.49. The van der Waals surface area contributed by atoms with E-state index < -0.39 is 0 Å². The Hall–Kier alpha value is -18.5. The maximum atomic E-state index is 6.79. The Morgan fingerprint density at radius 1 is 0.147 bits per heavy atom. The Morgan fingerprint density at radius 2 is 0.441 bits per heavy atom. The molecule has 0 saturated heterocycles. The fraction of sp³-hybridized carbons (Fsp3) is 0. The molecule has 0 unspecified atom stereocenters. The molecule has 0 aliphatic rings. The van der Waals surface area contributed by atoms with E-state index in [-0.39, 0.29) is 0 Å². The lowest BCUT2D eigenvalue weighted by molar-refractivity contribution is 0.668. The number of pyridine rings is 2. The summed E-state index contributed by atoms with van der Waals surface area (Å²) in [6.07, 6.45) is 0. The van der Waals surface area contributed by atoms with Crippen LogP contribution in [0.15, 0.2) is 454 Å². The number of aromatic nitrogens is 8. The van der Waals surface area contributed by atoms with Crippen LogP contribution in [0.5, 0.6) is 0 Å². The highest BCUT2D eigenvalue weighted by Crippen LogP contribution is 2.53. The number of furan rings is 4. The predicted molar refractivity (Wildman–Crippen MR) is 555 cm³/mol. The first-order valence-electron chi connectivity index (χ1n) is 45.6. The molecule has 8 aromatic heterocycles. The van der Waals surface area contributed by atoms with Gasteiger partial charge < -0.3 is 17.7 Å². The van der Waals surface area contributed by atoms with Crippen molar-refractivity contribution >= 4 is 153 Å². The molecule has 12 nitrogen and oxygen atoms in total. The van der Waals surface area contributed by atoms with Crippen molar-refractivity contribution in [1.29, 1.82) is 0 Å². The van der Waals surface area contributed by atoms with Crippen molar-refractivity contribution in [3.63, 3.8) is 0 Å². The third-order valence-electron chi connectivity index (χ3n) is 26.6. The summed E-state index contributed by atoms with van der Waals surface area (Å²) in [5.41, 5.74) is 25.6. The molecule has 0 aliphatic carbocycles. The number of fused-ring (bicyclic) bond motifs is 20. The third kappa shape index (κ3) is 13.0. The van der Waals surface area contributed by atoms with Gasteiger partial charge in [-0.05, 0) is 123 Å². The van der Waals surface area contributed by atoms with Gasteiger partial charge in [-0.2, -0.15) is 0 Å². The van der Waals surface area contributed by atoms with Crippen LogP contribution < -0.4 is 0 Å². The number of hydrogen-bond acceptors (Lipinski definition) is 12. The fourth-order valence-corrected chi connectivity index (χ4v) is 20.4. The zero-order chi connectivity index (χ0) is 89.4. The van der Waals surface area contributed by atoms with Gasteiger partial charge in [-0.15, -0.1) is 0 Å². The molecule has 0 aliphatic heterocycles. The van der Waals surface area contributed by atoms with E-state index >= 15 is 0 Å². The Morgan fingerprint density at radius 3 is 0.897 bits per heavy atom. The summed E-state index contributed by atoms with van der Waals surface area (Å²) in [4.78, 5) is 42.5. The van der Waals surface area contributed by atoms with Crippen LogP contribution in [-0.2, 0) is 0 Å². The predicted octanol–water partition coefficient (Wildman–Crippen LogP) is 33.1. The highest BCUT2D eigenvalue weighted by Gasteiger charge is 2.29. The molecule has 632 valence electrons. The van der Waals surface area contributed by atoms with Crippen LogP contribution in [0.4, 0.5) is 0 Å². The van der Waals surface area contributed by atoms with Gasteiger partial charge in [0.15, 0.2) is 34.9 Å². The fourth-order valence-electron chi connectivity index (χ4n) is 20.4. The largest absolute Gasteiger partial charge is 0.456 e. The highest BCUT2D eigenvalue weighted by molar-refractivity contribution is 6.32. The maximum Gasteiger partial charge on any atom is 0.164 e. The van der Waals surface area contributed by atoms with Gasteiger partial charge in [0, 0.05) is 142 Å². The van der Waals surface area contributed by atoms with Crippen LogP contribution in [-0.4, -0.2) is 39.9 Å². The zero-order valence-electron chi connectivity index (χ0n) is 72.8. The Bertz CT molecular complexity index is 9620. The summed E-state index contributed by atoms with van der Waals surface area (Å²) in [7, 11) is 0. The molecule has 28 aromatic rings. The maximum absolute atomic E-state index is 6.79. The Labute approximate surface area is 777 Å². The second-order valence-electron chi connectivity index (χ2n) is 34.5. The molecule has 0 bridgehead atoms. The van der Waals surface area contributed by atoms with E-state index in [0.29, 0.717) is 34.9 Å². The molecule has 28 rings (SSSR count). The van der Waals surface area contributed by atoms with Crippen LogP contribution in [0.25, 0.3) is 288 Å². The minimum absolute atomic E-state index is 0.555. The minimum atomic E-state index is 0.555. The molecule has 0 N–H and O–H groups in total. The number of para-hydroxylation sites is 8. The van der Waals surface area contributed by atoms with Gasteiger partial charge in [0.2, 0.25) is 0 Å². The molecular formula is C124H72N8O4. The monoisotopic (exact) mass is 1740 g/mol. The normalized spacial score (nSPS) is 11.8. The second-order valence-corrected chi connectivity index (χ2v) is 34.5. The Balaban J connectivity index is 0.000000138. The molecule has 0 amide bonds. The van der Waals surface area contributed by atoms with E-state index in [1.165, 1.54) is 0 Å². The molecule has 0 spiro atoms. The molecule has 0 fully saturated rings. The molecular weight excluding hydrogens is 1670 g/mol. The van der Waals surface area contributed by atoms with Gasteiger partial charge in [-0.3, -0.25) is 0 Å². The molecule has 0 atom stereocenters. The van der Waals surface area contributed by atoms with Crippen LogP contribution in [0.3, 0.4) is 0 Å². The van der Waals surface area contributed by atoms with Crippen LogP contribution >= 0.6 is 0 Å². The second kappa shape index (κ2) is 31.7. The van der Waals surface area contributed by atoms with Crippen LogP contribution in [0.2, 0.25) is 0 Å². The molecule has 12 heteroatoms. The first kappa shape index (κ1) is 77.4. The first-order chi connectivity index (χ1) is 67.4. The van der Waals surface area contributed by atoms with Crippen molar-refractivity contribution in [1.82, 2.24) is 39.9 Å². The SMILES string of the molecule is c1cc(-c2nc(-c3cccc4ccccc34)nc(-c3cccc4ccccc34)n2)cc(-c2nc3ccccc3c3c(-c4cccc5c4oc4ccccc45)c4c(cc23)oc2ccccc24)c1.c1ccc(-c2cc(-c3ccccc3)cc(-c3nc(-c4ccccc4)nc(-c4cccc(-c5nc6ccccc6c6c(-c7cccc8c7oc7ccccc78)c7c(cc56)oc5ccccc57)c4)n3)c2)cc1. The molecule has 0 saturated carbocycles. The van der Waals surface area contributed by atoms with Crippen LogP contribution in [0, 0.1) is 0 Å². The lowest BCUT2D eigenvalue weighted by Gasteiger charge is -2.16. The van der Waals surface area contributed by atoms with E-state index in [4.69, 9.17) is 57.5 Å². The lowest BCUT2D eigenvalue weighted by atomic mass is 9.88. The third-order valence-corrected chi connectivity index (χ3v) is 26.6. The van der Waals surface area contributed by atoms with Gasteiger partial charge in [-0.1, -0.05) is 358 Å². The summed E-state index contributed by atoms with van der Waals surface area (Å²) < 4.78 is 27.1.